The Morgan fingerprint density at radius 2 is 1.79 bits per heavy atom. The van der Waals surface area contributed by atoms with Crippen LogP contribution in [0.3, 0.4) is 0 Å². The lowest BCUT2D eigenvalue weighted by Crippen LogP contribution is -2.06. The number of nitro groups is 1. The van der Waals surface area contributed by atoms with Crippen LogP contribution in [0.2, 0.25) is 0 Å². The minimum Gasteiger partial charge on any atom is -0.462 e. The van der Waals surface area contributed by atoms with E-state index in [1.807, 2.05) is 36.4 Å². The zero-order valence-corrected chi connectivity index (χ0v) is 16.4. The minimum absolute atomic E-state index is 0.110. The number of aromatic nitrogens is 1. The lowest BCUT2D eigenvalue weighted by atomic mass is 10.1. The number of fused-ring (bicyclic) bond motifs is 1. The van der Waals surface area contributed by atoms with Gasteiger partial charge >= 0.3 is 11.0 Å². The maximum absolute atomic E-state index is 12.4. The van der Waals surface area contributed by atoms with Gasteiger partial charge in [0, 0.05) is 16.3 Å². The first-order chi connectivity index (χ1) is 13.6. The van der Waals surface area contributed by atoms with Crippen molar-refractivity contribution >= 4 is 44.5 Å². The number of nitrogens with zero attached hydrogens (tertiary/aromatic N) is 2. The highest BCUT2D eigenvalue weighted by Crippen LogP contribution is 2.39. The van der Waals surface area contributed by atoms with E-state index < -0.39 is 0 Å². The van der Waals surface area contributed by atoms with Crippen LogP contribution in [0, 0.1) is 10.1 Å². The number of esters is 1. The molecule has 0 aliphatic heterocycles. The van der Waals surface area contributed by atoms with Gasteiger partial charge in [-0.2, -0.15) is 0 Å². The summed E-state index contributed by atoms with van der Waals surface area (Å²) in [4.78, 5) is 30.3. The Hall–Kier alpha value is -3.10. The molecule has 0 aliphatic rings. The van der Waals surface area contributed by atoms with E-state index in [0.717, 1.165) is 31.4 Å². The third kappa shape index (κ3) is 3.39. The summed E-state index contributed by atoms with van der Waals surface area (Å²) < 4.78 is 5.20. The van der Waals surface area contributed by atoms with Gasteiger partial charge in [0.1, 0.15) is 0 Å². The molecule has 4 aromatic rings. The number of hydrogen-bond donors (Lipinski definition) is 0. The Morgan fingerprint density at radius 1 is 1.07 bits per heavy atom. The van der Waals surface area contributed by atoms with Crippen molar-refractivity contribution in [3.8, 4) is 20.3 Å². The van der Waals surface area contributed by atoms with Crippen LogP contribution in [0.5, 0.6) is 0 Å². The molecular formula is C20H14N2O4S2. The lowest BCUT2D eigenvalue weighted by molar-refractivity contribution is -0.380. The van der Waals surface area contributed by atoms with Crippen LogP contribution in [0.25, 0.3) is 31.2 Å². The van der Waals surface area contributed by atoms with Crippen LogP contribution < -0.4 is 0 Å². The molecule has 0 N–H and O–H groups in total. The molecule has 3 heterocycles. The van der Waals surface area contributed by atoms with E-state index in [1.165, 1.54) is 17.4 Å². The number of rotatable bonds is 5. The molecular weight excluding hydrogens is 396 g/mol. The third-order valence-electron chi connectivity index (χ3n) is 4.08. The van der Waals surface area contributed by atoms with Crippen molar-refractivity contribution in [3.63, 3.8) is 0 Å². The summed E-state index contributed by atoms with van der Waals surface area (Å²) in [6, 6.07) is 16.3. The molecule has 3 aromatic heterocycles. The highest BCUT2D eigenvalue weighted by Gasteiger charge is 2.17. The van der Waals surface area contributed by atoms with Gasteiger partial charge in [0.05, 0.1) is 38.1 Å². The molecule has 0 amide bonds. The summed E-state index contributed by atoms with van der Waals surface area (Å²) in [5.41, 5.74) is 1.86. The van der Waals surface area contributed by atoms with Gasteiger partial charge in [-0.1, -0.05) is 29.5 Å². The van der Waals surface area contributed by atoms with E-state index in [4.69, 9.17) is 4.74 Å². The van der Waals surface area contributed by atoms with Gasteiger partial charge in [-0.25, -0.2) is 9.78 Å². The largest absolute Gasteiger partial charge is 0.462 e. The number of thiophene rings is 2. The Kier molecular flexibility index (Phi) is 4.89. The molecule has 8 heteroatoms. The van der Waals surface area contributed by atoms with Gasteiger partial charge in [-0.3, -0.25) is 10.1 Å². The van der Waals surface area contributed by atoms with Crippen LogP contribution in [0.4, 0.5) is 5.00 Å². The van der Waals surface area contributed by atoms with E-state index >= 15 is 0 Å². The first kappa shape index (κ1) is 18.3. The molecule has 0 atom stereocenters. The summed E-state index contributed by atoms with van der Waals surface area (Å²) in [7, 11) is 0. The molecule has 0 spiro atoms. The monoisotopic (exact) mass is 410 g/mol. The van der Waals surface area contributed by atoms with Crippen LogP contribution in [-0.4, -0.2) is 22.5 Å². The molecule has 0 fully saturated rings. The fraction of sp³-hybridized carbons (Fsp3) is 0.100. The van der Waals surface area contributed by atoms with Crippen molar-refractivity contribution in [2.75, 3.05) is 6.61 Å². The summed E-state index contributed by atoms with van der Waals surface area (Å²) in [6.45, 7) is 2.07. The number of para-hydroxylation sites is 1. The average molecular weight is 410 g/mol. The summed E-state index contributed by atoms with van der Waals surface area (Å²) >= 11 is 2.62. The van der Waals surface area contributed by atoms with Crippen molar-refractivity contribution in [2.24, 2.45) is 0 Å². The number of ether oxygens (including phenoxy) is 1. The van der Waals surface area contributed by atoms with E-state index in [2.05, 4.69) is 4.98 Å². The average Bonchev–Trinajstić information content (AvgIpc) is 3.37. The first-order valence-corrected chi connectivity index (χ1v) is 10.1. The number of hydrogen-bond acceptors (Lipinski definition) is 7. The van der Waals surface area contributed by atoms with Crippen molar-refractivity contribution < 1.29 is 14.5 Å². The molecule has 0 saturated carbocycles. The number of carbonyl (C=O) groups excluding carboxylic acids is 1. The highest BCUT2D eigenvalue weighted by atomic mass is 32.1. The quantitative estimate of drug-likeness (QED) is 0.237. The third-order valence-corrected chi connectivity index (χ3v) is 6.43. The Bertz CT molecular complexity index is 1200. The molecule has 0 aliphatic carbocycles. The first-order valence-electron chi connectivity index (χ1n) is 8.48. The Balaban J connectivity index is 1.78. The van der Waals surface area contributed by atoms with Crippen molar-refractivity contribution in [2.45, 2.75) is 6.92 Å². The summed E-state index contributed by atoms with van der Waals surface area (Å²) in [5.74, 6) is -0.381. The summed E-state index contributed by atoms with van der Waals surface area (Å²) in [6.07, 6.45) is 0. The molecule has 1 aromatic carbocycles. The number of pyridine rings is 1. The predicted molar refractivity (Wildman–Crippen MR) is 111 cm³/mol. The molecule has 140 valence electrons. The molecule has 0 saturated heterocycles. The molecule has 0 unspecified atom stereocenters. The number of carbonyl (C=O) groups is 1. The fourth-order valence-corrected chi connectivity index (χ4v) is 4.72. The van der Waals surface area contributed by atoms with Gasteiger partial charge in [0.15, 0.2) is 0 Å². The summed E-state index contributed by atoms with van der Waals surface area (Å²) in [5, 5.41) is 11.8. The zero-order chi connectivity index (χ0) is 19.7. The van der Waals surface area contributed by atoms with Gasteiger partial charge in [-0.15, -0.1) is 11.3 Å². The van der Waals surface area contributed by atoms with Gasteiger partial charge in [0.2, 0.25) is 0 Å². The SMILES string of the molecule is CCOC(=O)c1cc(-c2ccc(-c3ccc([N+](=O)[O-])s3)s2)nc2ccccc12. The maximum atomic E-state index is 12.4. The number of benzene rings is 1. The van der Waals surface area contributed by atoms with Crippen molar-refractivity contribution in [1.29, 1.82) is 0 Å². The van der Waals surface area contributed by atoms with Gasteiger partial charge in [0.25, 0.3) is 0 Å². The van der Waals surface area contributed by atoms with Crippen LogP contribution in [0.15, 0.2) is 54.6 Å². The van der Waals surface area contributed by atoms with E-state index in [1.54, 1.807) is 19.1 Å². The second-order valence-electron chi connectivity index (χ2n) is 5.85. The van der Waals surface area contributed by atoms with Gasteiger partial charge in [-0.05, 0) is 37.3 Å². The second-order valence-corrected chi connectivity index (χ2v) is 8.00. The lowest BCUT2D eigenvalue weighted by Gasteiger charge is -2.08. The topological polar surface area (TPSA) is 82.3 Å². The second kappa shape index (κ2) is 7.49. The van der Waals surface area contributed by atoms with E-state index in [9.17, 15) is 14.9 Å². The molecule has 0 radical (unpaired) electrons. The standard InChI is InChI=1S/C20H14N2O4S2/c1-2-26-20(23)13-11-15(21-14-6-4-3-5-12(13)14)16-7-8-17(27-16)18-9-10-19(28-18)22(24)25/h3-11H,2H2,1H3. The Morgan fingerprint density at radius 3 is 2.54 bits per heavy atom. The molecule has 0 bridgehead atoms. The predicted octanol–water partition coefficient (Wildman–Crippen LogP) is 5.78. The van der Waals surface area contributed by atoms with Crippen molar-refractivity contribution in [1.82, 2.24) is 4.98 Å². The normalized spacial score (nSPS) is 10.9. The maximum Gasteiger partial charge on any atom is 0.338 e. The smallest absolute Gasteiger partial charge is 0.338 e. The van der Waals surface area contributed by atoms with Gasteiger partial charge < -0.3 is 4.74 Å². The van der Waals surface area contributed by atoms with Crippen molar-refractivity contribution in [3.05, 3.63) is 70.3 Å². The Labute approximate surface area is 168 Å². The van der Waals surface area contributed by atoms with Crippen LogP contribution in [-0.2, 0) is 4.74 Å². The zero-order valence-electron chi connectivity index (χ0n) is 14.7. The minimum atomic E-state index is -0.390. The van der Waals surface area contributed by atoms with E-state index in [0.29, 0.717) is 23.4 Å². The molecule has 28 heavy (non-hydrogen) atoms. The van der Waals surface area contributed by atoms with Crippen LogP contribution >= 0.6 is 22.7 Å². The highest BCUT2D eigenvalue weighted by molar-refractivity contribution is 7.25. The van der Waals surface area contributed by atoms with Crippen LogP contribution in [0.1, 0.15) is 17.3 Å². The fourth-order valence-electron chi connectivity index (χ4n) is 2.85. The molecule has 6 nitrogen and oxygen atoms in total. The van der Waals surface area contributed by atoms with E-state index in [-0.39, 0.29) is 15.9 Å². The molecule has 4 rings (SSSR count).